The molecule has 16 heavy (non-hydrogen) atoms. The van der Waals surface area contributed by atoms with Crippen molar-refractivity contribution in [1.82, 2.24) is 0 Å². The third-order valence-electron chi connectivity index (χ3n) is 2.51. The molecule has 0 fully saturated rings. The fourth-order valence-corrected chi connectivity index (χ4v) is 4.57. The monoisotopic (exact) mass is 314 g/mol. The first-order valence-electron chi connectivity index (χ1n) is 5.32. The van der Waals surface area contributed by atoms with Crippen LogP contribution in [-0.4, -0.2) is 0 Å². The van der Waals surface area contributed by atoms with Crippen LogP contribution in [0.1, 0.15) is 23.6 Å². The highest BCUT2D eigenvalue weighted by Crippen LogP contribution is 2.32. The molecule has 0 unspecified atom stereocenters. The molecule has 2 aromatic rings. The van der Waals surface area contributed by atoms with Crippen LogP contribution in [0, 0.1) is 5.41 Å². The molecule has 0 atom stereocenters. The second-order valence-corrected chi connectivity index (χ2v) is 8.38. The predicted molar refractivity (Wildman–Crippen MR) is 77.5 cm³/mol. The Bertz CT molecular complexity index is 440. The van der Waals surface area contributed by atoms with E-state index in [0.29, 0.717) is 5.41 Å². The first kappa shape index (κ1) is 12.3. The molecule has 2 heterocycles. The maximum absolute atomic E-state index is 3.52. The fourth-order valence-electron chi connectivity index (χ4n) is 1.87. The van der Waals surface area contributed by atoms with Crippen LogP contribution in [-0.2, 0) is 12.8 Å². The van der Waals surface area contributed by atoms with Gasteiger partial charge in [0, 0.05) is 9.75 Å². The van der Waals surface area contributed by atoms with Crippen molar-refractivity contribution in [2.45, 2.75) is 26.7 Å². The smallest absolute Gasteiger partial charge is 0.0701 e. The molecule has 0 spiro atoms. The second-order valence-electron chi connectivity index (χ2n) is 4.80. The lowest BCUT2D eigenvalue weighted by molar-refractivity contribution is 0.366. The van der Waals surface area contributed by atoms with Gasteiger partial charge in [-0.1, -0.05) is 19.9 Å². The molecule has 0 saturated carbocycles. The van der Waals surface area contributed by atoms with Crippen molar-refractivity contribution < 1.29 is 0 Å². The molecule has 86 valence electrons. The molecule has 0 aromatic carbocycles. The molecule has 0 amide bonds. The first-order chi connectivity index (χ1) is 7.55. The molecule has 3 heteroatoms. The van der Waals surface area contributed by atoms with Crippen molar-refractivity contribution in [1.29, 1.82) is 0 Å². The number of hydrogen-bond donors (Lipinski definition) is 0. The van der Waals surface area contributed by atoms with E-state index < -0.39 is 0 Å². The van der Waals surface area contributed by atoms with Crippen molar-refractivity contribution >= 4 is 38.6 Å². The van der Waals surface area contributed by atoms with Gasteiger partial charge < -0.3 is 0 Å². The van der Waals surface area contributed by atoms with Crippen LogP contribution in [0.5, 0.6) is 0 Å². The minimum Gasteiger partial charge on any atom is -0.149 e. The molecule has 0 N–H and O–H groups in total. The lowest BCUT2D eigenvalue weighted by Gasteiger charge is -2.23. The zero-order chi connectivity index (χ0) is 11.6. The lowest BCUT2D eigenvalue weighted by Crippen LogP contribution is -2.17. The number of hydrogen-bond acceptors (Lipinski definition) is 2. The zero-order valence-electron chi connectivity index (χ0n) is 9.50. The van der Waals surface area contributed by atoms with Gasteiger partial charge in [-0.15, -0.1) is 22.7 Å². The summed E-state index contributed by atoms with van der Waals surface area (Å²) in [5.41, 5.74) is 0.342. The molecule has 2 aromatic heterocycles. The van der Waals surface area contributed by atoms with E-state index >= 15 is 0 Å². The van der Waals surface area contributed by atoms with Crippen molar-refractivity contribution in [3.63, 3.8) is 0 Å². The van der Waals surface area contributed by atoms with E-state index in [2.05, 4.69) is 59.4 Å². The van der Waals surface area contributed by atoms with Crippen LogP contribution in [0.15, 0.2) is 33.4 Å². The van der Waals surface area contributed by atoms with E-state index in [-0.39, 0.29) is 0 Å². The van der Waals surface area contributed by atoms with Gasteiger partial charge in [0.05, 0.1) is 3.79 Å². The van der Waals surface area contributed by atoms with Crippen LogP contribution in [0.25, 0.3) is 0 Å². The van der Waals surface area contributed by atoms with Gasteiger partial charge in [0.25, 0.3) is 0 Å². The number of rotatable bonds is 4. The molecule has 0 bridgehead atoms. The summed E-state index contributed by atoms with van der Waals surface area (Å²) in [5, 5.41) is 2.16. The molecule has 0 aliphatic carbocycles. The Morgan fingerprint density at radius 2 is 1.88 bits per heavy atom. The van der Waals surface area contributed by atoms with Gasteiger partial charge in [0.15, 0.2) is 0 Å². The van der Waals surface area contributed by atoms with E-state index in [1.54, 1.807) is 0 Å². The Balaban J connectivity index is 2.02. The topological polar surface area (TPSA) is 0 Å². The standard InChI is InChI=1S/C13H15BrS2/c1-13(2,8-10-4-3-7-15-10)9-11-5-6-12(14)16-11/h3-7H,8-9H2,1-2H3. The van der Waals surface area contributed by atoms with E-state index in [1.807, 2.05) is 22.7 Å². The van der Waals surface area contributed by atoms with Gasteiger partial charge in [0.2, 0.25) is 0 Å². The molecular weight excluding hydrogens is 300 g/mol. The van der Waals surface area contributed by atoms with Crippen LogP contribution in [0.3, 0.4) is 0 Å². The summed E-state index contributed by atoms with van der Waals surface area (Å²) in [7, 11) is 0. The summed E-state index contributed by atoms with van der Waals surface area (Å²) in [5.74, 6) is 0. The summed E-state index contributed by atoms with van der Waals surface area (Å²) >= 11 is 7.23. The minimum atomic E-state index is 0.342. The summed E-state index contributed by atoms with van der Waals surface area (Å²) in [6.07, 6.45) is 2.32. The van der Waals surface area contributed by atoms with Crippen LogP contribution >= 0.6 is 38.6 Å². The maximum atomic E-state index is 3.52. The Labute approximate surface area is 113 Å². The zero-order valence-corrected chi connectivity index (χ0v) is 12.7. The van der Waals surface area contributed by atoms with Gasteiger partial charge in [-0.3, -0.25) is 0 Å². The second kappa shape index (κ2) is 5.03. The highest BCUT2D eigenvalue weighted by atomic mass is 79.9. The average Bonchev–Trinajstić information content (AvgIpc) is 2.76. The highest BCUT2D eigenvalue weighted by molar-refractivity contribution is 9.11. The van der Waals surface area contributed by atoms with Gasteiger partial charge in [-0.05, 0) is 57.8 Å². The third kappa shape index (κ3) is 3.44. The van der Waals surface area contributed by atoms with Crippen molar-refractivity contribution in [3.05, 3.63) is 43.2 Å². The third-order valence-corrected chi connectivity index (χ3v) is 5.01. The molecule has 0 saturated heterocycles. The number of thiophene rings is 2. The first-order valence-corrected chi connectivity index (χ1v) is 7.81. The largest absolute Gasteiger partial charge is 0.149 e. The molecular formula is C13H15BrS2. The van der Waals surface area contributed by atoms with Crippen molar-refractivity contribution in [2.75, 3.05) is 0 Å². The van der Waals surface area contributed by atoms with E-state index in [9.17, 15) is 0 Å². The maximum Gasteiger partial charge on any atom is 0.0701 e. The predicted octanol–water partition coefficient (Wildman–Crippen LogP) is 5.38. The summed E-state index contributed by atoms with van der Waals surface area (Å²) < 4.78 is 1.23. The van der Waals surface area contributed by atoms with Crippen molar-refractivity contribution in [3.8, 4) is 0 Å². The minimum absolute atomic E-state index is 0.342. The highest BCUT2D eigenvalue weighted by Gasteiger charge is 2.20. The van der Waals surface area contributed by atoms with E-state index in [0.717, 1.165) is 6.42 Å². The summed E-state index contributed by atoms with van der Waals surface area (Å²) in [4.78, 5) is 2.95. The van der Waals surface area contributed by atoms with Crippen LogP contribution in [0.2, 0.25) is 0 Å². The van der Waals surface area contributed by atoms with Gasteiger partial charge in [0.1, 0.15) is 0 Å². The van der Waals surface area contributed by atoms with Crippen molar-refractivity contribution in [2.24, 2.45) is 5.41 Å². The fraction of sp³-hybridized carbons (Fsp3) is 0.385. The van der Waals surface area contributed by atoms with Crippen LogP contribution in [0.4, 0.5) is 0 Å². The Hall–Kier alpha value is -0.120. The van der Waals surface area contributed by atoms with Gasteiger partial charge in [-0.25, -0.2) is 0 Å². The molecule has 0 nitrogen and oxygen atoms in total. The number of halogens is 1. The van der Waals surface area contributed by atoms with Crippen LogP contribution < -0.4 is 0 Å². The molecule has 0 aliphatic rings. The normalized spacial score (nSPS) is 11.9. The molecule has 0 radical (unpaired) electrons. The van der Waals surface area contributed by atoms with E-state index in [4.69, 9.17) is 0 Å². The Kier molecular flexibility index (Phi) is 3.88. The summed E-state index contributed by atoms with van der Waals surface area (Å²) in [6.45, 7) is 4.70. The molecule has 2 rings (SSSR count). The SMILES string of the molecule is CC(C)(Cc1cccs1)Cc1ccc(Br)s1. The average molecular weight is 315 g/mol. The Morgan fingerprint density at radius 1 is 1.12 bits per heavy atom. The lowest BCUT2D eigenvalue weighted by atomic mass is 9.84. The van der Waals surface area contributed by atoms with Gasteiger partial charge >= 0.3 is 0 Å². The molecule has 0 aliphatic heterocycles. The summed E-state index contributed by atoms with van der Waals surface area (Å²) in [6, 6.07) is 8.74. The van der Waals surface area contributed by atoms with Gasteiger partial charge in [-0.2, -0.15) is 0 Å². The Morgan fingerprint density at radius 3 is 2.44 bits per heavy atom. The quantitative estimate of drug-likeness (QED) is 0.710. The van der Waals surface area contributed by atoms with E-state index in [1.165, 1.54) is 20.0 Å².